The standard InChI is InChI=1S/C32H39N3O4S/c1-3-27-17-13-14-22-30(27)35(40(38,39)29-20-11-6-12-21-29)24-31(36)34(23-26-15-7-4-8-16-26)25(2)32(37)33-28-18-9-5-10-19-28/h4,6-8,11-17,20-22,25,28H,3,5,9-10,18-19,23-24H2,1-2H3,(H,33,37)/t25-/m1/s1. The Labute approximate surface area is 238 Å². The van der Waals surface area contributed by atoms with Gasteiger partial charge in [0.15, 0.2) is 0 Å². The second kappa shape index (κ2) is 13.6. The first-order chi connectivity index (χ1) is 19.3. The third-order valence-corrected chi connectivity index (χ3v) is 9.34. The predicted octanol–water partition coefficient (Wildman–Crippen LogP) is 5.31. The molecule has 1 aliphatic carbocycles. The molecule has 1 fully saturated rings. The lowest BCUT2D eigenvalue weighted by Gasteiger charge is -2.33. The fraction of sp³-hybridized carbons (Fsp3) is 0.375. The summed E-state index contributed by atoms with van der Waals surface area (Å²) in [6.07, 6.45) is 5.79. The molecular formula is C32H39N3O4S. The largest absolute Gasteiger partial charge is 0.352 e. The third kappa shape index (κ3) is 7.10. The average Bonchev–Trinajstić information content (AvgIpc) is 2.99. The Balaban J connectivity index is 1.68. The number of carbonyl (C=O) groups is 2. The monoisotopic (exact) mass is 561 g/mol. The van der Waals surface area contributed by atoms with E-state index in [2.05, 4.69) is 5.32 Å². The van der Waals surface area contributed by atoms with Gasteiger partial charge < -0.3 is 10.2 Å². The van der Waals surface area contributed by atoms with E-state index in [0.717, 1.165) is 36.8 Å². The van der Waals surface area contributed by atoms with Crippen LogP contribution in [0.1, 0.15) is 57.1 Å². The van der Waals surface area contributed by atoms with Crippen molar-refractivity contribution in [3.63, 3.8) is 0 Å². The molecule has 40 heavy (non-hydrogen) atoms. The highest BCUT2D eigenvalue weighted by Crippen LogP contribution is 2.28. The molecule has 0 aliphatic heterocycles. The topological polar surface area (TPSA) is 86.8 Å². The van der Waals surface area contributed by atoms with Crippen molar-refractivity contribution in [2.45, 2.75) is 75.9 Å². The van der Waals surface area contributed by atoms with Crippen LogP contribution in [0.25, 0.3) is 0 Å². The predicted molar refractivity (Wildman–Crippen MR) is 158 cm³/mol. The van der Waals surface area contributed by atoms with Gasteiger partial charge in [-0.25, -0.2) is 8.42 Å². The SMILES string of the molecule is CCc1ccccc1N(CC(=O)N(Cc1ccccc1)[C@H](C)C(=O)NC1CCCCC1)S(=O)(=O)c1ccccc1. The summed E-state index contributed by atoms with van der Waals surface area (Å²) in [5.74, 6) is -0.664. The number of hydrogen-bond acceptors (Lipinski definition) is 4. The number of nitrogens with one attached hydrogen (secondary N) is 1. The minimum Gasteiger partial charge on any atom is -0.352 e. The summed E-state index contributed by atoms with van der Waals surface area (Å²) in [4.78, 5) is 29.1. The quantitative estimate of drug-likeness (QED) is 0.344. The molecule has 0 saturated heterocycles. The van der Waals surface area contributed by atoms with Gasteiger partial charge in [-0.15, -0.1) is 0 Å². The van der Waals surface area contributed by atoms with Crippen LogP contribution in [0.15, 0.2) is 89.8 Å². The number of nitrogens with zero attached hydrogens (tertiary/aromatic N) is 2. The second-order valence-electron chi connectivity index (χ2n) is 10.3. The van der Waals surface area contributed by atoms with Gasteiger partial charge in [0.1, 0.15) is 12.6 Å². The minimum atomic E-state index is -4.07. The number of rotatable bonds is 11. The smallest absolute Gasteiger partial charge is 0.264 e. The van der Waals surface area contributed by atoms with Crippen LogP contribution in [-0.4, -0.2) is 43.8 Å². The van der Waals surface area contributed by atoms with Crippen LogP contribution in [0.2, 0.25) is 0 Å². The summed E-state index contributed by atoms with van der Waals surface area (Å²) < 4.78 is 29.1. The zero-order valence-electron chi connectivity index (χ0n) is 23.3. The van der Waals surface area contributed by atoms with E-state index in [0.29, 0.717) is 12.1 Å². The highest BCUT2D eigenvalue weighted by atomic mass is 32.2. The van der Waals surface area contributed by atoms with Crippen LogP contribution in [0.3, 0.4) is 0 Å². The van der Waals surface area contributed by atoms with Gasteiger partial charge in [-0.1, -0.05) is 92.9 Å². The molecule has 2 amide bonds. The number of hydrogen-bond donors (Lipinski definition) is 1. The molecule has 0 bridgehead atoms. The van der Waals surface area contributed by atoms with Crippen LogP contribution < -0.4 is 9.62 Å². The van der Waals surface area contributed by atoms with E-state index in [4.69, 9.17) is 0 Å². The van der Waals surface area contributed by atoms with Gasteiger partial charge in [0, 0.05) is 12.6 Å². The maximum absolute atomic E-state index is 14.1. The molecular weight excluding hydrogens is 522 g/mol. The zero-order chi connectivity index (χ0) is 28.5. The molecule has 1 N–H and O–H groups in total. The fourth-order valence-corrected chi connectivity index (χ4v) is 6.69. The van der Waals surface area contributed by atoms with Crippen LogP contribution in [0.5, 0.6) is 0 Å². The maximum atomic E-state index is 14.1. The summed E-state index contributed by atoms with van der Waals surface area (Å²) in [6, 6.07) is 24.2. The molecule has 0 unspecified atom stereocenters. The van der Waals surface area contributed by atoms with E-state index in [9.17, 15) is 18.0 Å². The number of amides is 2. The highest BCUT2D eigenvalue weighted by Gasteiger charge is 2.33. The van der Waals surface area contributed by atoms with Gasteiger partial charge in [0.25, 0.3) is 10.0 Å². The van der Waals surface area contributed by atoms with Crippen molar-refractivity contribution >= 4 is 27.5 Å². The van der Waals surface area contributed by atoms with Gasteiger partial charge in [0.2, 0.25) is 11.8 Å². The van der Waals surface area contributed by atoms with Crippen LogP contribution in [0.4, 0.5) is 5.69 Å². The van der Waals surface area contributed by atoms with Crippen molar-refractivity contribution in [1.29, 1.82) is 0 Å². The Hall–Kier alpha value is -3.65. The van der Waals surface area contributed by atoms with Gasteiger partial charge in [-0.05, 0) is 55.5 Å². The maximum Gasteiger partial charge on any atom is 0.264 e. The molecule has 212 valence electrons. The number of aryl methyl sites for hydroxylation is 1. The van der Waals surface area contributed by atoms with Gasteiger partial charge in [0.05, 0.1) is 10.6 Å². The first-order valence-corrected chi connectivity index (χ1v) is 15.5. The van der Waals surface area contributed by atoms with E-state index < -0.39 is 28.5 Å². The summed E-state index contributed by atoms with van der Waals surface area (Å²) in [7, 11) is -4.07. The minimum absolute atomic E-state index is 0.101. The van der Waals surface area contributed by atoms with Crippen LogP contribution >= 0.6 is 0 Å². The zero-order valence-corrected chi connectivity index (χ0v) is 24.1. The normalized spacial score (nSPS) is 14.8. The molecule has 1 atom stereocenters. The lowest BCUT2D eigenvalue weighted by Crippen LogP contribution is -2.53. The van der Waals surface area contributed by atoms with E-state index in [-0.39, 0.29) is 23.4 Å². The lowest BCUT2D eigenvalue weighted by atomic mass is 9.95. The van der Waals surface area contributed by atoms with Crippen molar-refractivity contribution in [2.75, 3.05) is 10.8 Å². The molecule has 8 heteroatoms. The number of carbonyl (C=O) groups excluding carboxylic acids is 2. The van der Waals surface area contributed by atoms with E-state index in [1.165, 1.54) is 27.8 Å². The van der Waals surface area contributed by atoms with E-state index in [1.807, 2.05) is 49.4 Å². The Kier molecular flexibility index (Phi) is 9.98. The Morgan fingerprint density at radius 1 is 0.875 bits per heavy atom. The molecule has 3 aromatic carbocycles. The van der Waals surface area contributed by atoms with Crippen molar-refractivity contribution in [3.8, 4) is 0 Å². The second-order valence-corrected chi connectivity index (χ2v) is 12.2. The molecule has 1 saturated carbocycles. The number of benzene rings is 3. The molecule has 4 rings (SSSR count). The molecule has 0 aromatic heterocycles. The van der Waals surface area contributed by atoms with Gasteiger partial charge in [-0.2, -0.15) is 0 Å². The molecule has 3 aromatic rings. The Morgan fingerprint density at radius 2 is 1.48 bits per heavy atom. The summed E-state index contributed by atoms with van der Waals surface area (Å²) >= 11 is 0. The fourth-order valence-electron chi connectivity index (χ4n) is 5.22. The highest BCUT2D eigenvalue weighted by molar-refractivity contribution is 7.92. The number of sulfonamides is 1. The number of anilines is 1. The molecule has 0 heterocycles. The lowest BCUT2D eigenvalue weighted by molar-refractivity contribution is -0.139. The van der Waals surface area contributed by atoms with Crippen LogP contribution in [-0.2, 0) is 32.6 Å². The molecule has 7 nitrogen and oxygen atoms in total. The van der Waals surface area contributed by atoms with Crippen molar-refractivity contribution in [2.24, 2.45) is 0 Å². The molecule has 1 aliphatic rings. The number of para-hydroxylation sites is 1. The van der Waals surface area contributed by atoms with Crippen molar-refractivity contribution < 1.29 is 18.0 Å². The average molecular weight is 562 g/mol. The van der Waals surface area contributed by atoms with E-state index in [1.54, 1.807) is 37.3 Å². The van der Waals surface area contributed by atoms with Gasteiger partial charge in [-0.3, -0.25) is 13.9 Å². The molecule has 0 radical (unpaired) electrons. The Morgan fingerprint density at radius 3 is 2.12 bits per heavy atom. The molecule has 0 spiro atoms. The van der Waals surface area contributed by atoms with Crippen LogP contribution in [0, 0.1) is 0 Å². The summed E-state index contributed by atoms with van der Waals surface area (Å²) in [5.41, 5.74) is 2.13. The summed E-state index contributed by atoms with van der Waals surface area (Å²) in [5, 5.41) is 3.13. The first-order valence-electron chi connectivity index (χ1n) is 14.1. The third-order valence-electron chi connectivity index (χ3n) is 7.57. The van der Waals surface area contributed by atoms with Crippen molar-refractivity contribution in [3.05, 3.63) is 96.1 Å². The van der Waals surface area contributed by atoms with Crippen molar-refractivity contribution in [1.82, 2.24) is 10.2 Å². The van der Waals surface area contributed by atoms with Gasteiger partial charge >= 0.3 is 0 Å². The summed E-state index contributed by atoms with van der Waals surface area (Å²) in [6.45, 7) is 3.43. The first kappa shape index (κ1) is 29.3. The Bertz CT molecular complexity index is 1370. The van der Waals surface area contributed by atoms with E-state index >= 15 is 0 Å².